The molecule has 0 unspecified atom stereocenters. The Balaban J connectivity index is 1.57. The van der Waals surface area contributed by atoms with Gasteiger partial charge in [-0.15, -0.1) is 0 Å². The van der Waals surface area contributed by atoms with E-state index in [0.717, 1.165) is 15.6 Å². The summed E-state index contributed by atoms with van der Waals surface area (Å²) in [7, 11) is 0. The Morgan fingerprint density at radius 1 is 1.13 bits per heavy atom. The van der Waals surface area contributed by atoms with Crippen LogP contribution in [-0.2, 0) is 17.8 Å². The molecule has 0 fully saturated rings. The third-order valence-electron chi connectivity index (χ3n) is 3.29. The Hall–Kier alpha value is -2.40. The van der Waals surface area contributed by atoms with Gasteiger partial charge in [-0.05, 0) is 29.8 Å². The fourth-order valence-corrected chi connectivity index (χ4v) is 2.62. The van der Waals surface area contributed by atoms with Gasteiger partial charge in [-0.25, -0.2) is 4.98 Å². The second-order valence-electron chi connectivity index (χ2n) is 5.09. The number of nitrogens with zero attached hydrogens (tertiary/aromatic N) is 1. The van der Waals surface area contributed by atoms with E-state index >= 15 is 0 Å². The van der Waals surface area contributed by atoms with Crippen LogP contribution in [-0.4, -0.2) is 10.9 Å². The number of oxazole rings is 1. The van der Waals surface area contributed by atoms with Gasteiger partial charge in [-0.1, -0.05) is 46.3 Å². The maximum absolute atomic E-state index is 12.0. The smallest absolute Gasteiger partial charge is 0.226 e. The molecule has 1 aromatic heterocycles. The van der Waals surface area contributed by atoms with Crippen molar-refractivity contribution in [1.82, 2.24) is 10.3 Å². The fraction of sp³-hybridized carbons (Fsp3) is 0.111. The quantitative estimate of drug-likeness (QED) is 0.739. The van der Waals surface area contributed by atoms with Crippen LogP contribution < -0.4 is 5.32 Å². The summed E-state index contributed by atoms with van der Waals surface area (Å²) in [6.45, 7) is 0.488. The minimum atomic E-state index is -0.0853. The molecule has 0 radical (unpaired) electrons. The molecule has 0 atom stereocenters. The predicted octanol–water partition coefficient (Wildman–Crippen LogP) is 3.96. The molecular weight excluding hydrogens is 356 g/mol. The molecule has 0 saturated carbocycles. The van der Waals surface area contributed by atoms with E-state index in [4.69, 9.17) is 4.42 Å². The maximum atomic E-state index is 12.0. The summed E-state index contributed by atoms with van der Waals surface area (Å²) in [4.78, 5) is 16.4. The Morgan fingerprint density at radius 3 is 2.74 bits per heavy atom. The summed E-state index contributed by atoms with van der Waals surface area (Å²) in [5.41, 5.74) is 2.56. The van der Waals surface area contributed by atoms with Gasteiger partial charge in [0, 0.05) is 16.6 Å². The number of carbonyl (C=O) groups excluding carboxylic acids is 1. The molecule has 2 aromatic carbocycles. The molecule has 1 heterocycles. The van der Waals surface area contributed by atoms with Crippen LogP contribution in [0.3, 0.4) is 0 Å². The van der Waals surface area contributed by atoms with Crippen LogP contribution in [0.5, 0.6) is 0 Å². The lowest BCUT2D eigenvalue weighted by molar-refractivity contribution is -0.120. The van der Waals surface area contributed by atoms with Crippen LogP contribution in [0.4, 0.5) is 0 Å². The monoisotopic (exact) mass is 370 g/mol. The van der Waals surface area contributed by atoms with Gasteiger partial charge in [0.1, 0.15) is 6.26 Å². The molecule has 116 valence electrons. The van der Waals surface area contributed by atoms with E-state index in [-0.39, 0.29) is 12.3 Å². The zero-order valence-corrected chi connectivity index (χ0v) is 13.9. The first kappa shape index (κ1) is 15.5. The second-order valence-corrected chi connectivity index (χ2v) is 6.01. The molecule has 0 saturated heterocycles. The second kappa shape index (κ2) is 7.24. The zero-order chi connectivity index (χ0) is 16.1. The topological polar surface area (TPSA) is 55.1 Å². The van der Waals surface area contributed by atoms with E-state index < -0.39 is 0 Å². The van der Waals surface area contributed by atoms with Crippen molar-refractivity contribution in [3.63, 3.8) is 0 Å². The van der Waals surface area contributed by atoms with Crippen molar-refractivity contribution < 1.29 is 9.21 Å². The summed E-state index contributed by atoms with van der Waals surface area (Å²) < 4.78 is 6.43. The molecule has 0 bridgehead atoms. The fourth-order valence-electron chi connectivity index (χ4n) is 2.18. The Bertz CT molecular complexity index is 800. The largest absolute Gasteiger partial charge is 0.444 e. The predicted molar refractivity (Wildman–Crippen MR) is 91.6 cm³/mol. The lowest BCUT2D eigenvalue weighted by Crippen LogP contribution is -2.24. The normalized spacial score (nSPS) is 10.5. The van der Waals surface area contributed by atoms with Gasteiger partial charge in [0.15, 0.2) is 0 Å². The number of hydrogen-bond donors (Lipinski definition) is 1. The zero-order valence-electron chi connectivity index (χ0n) is 12.3. The number of amides is 1. The Labute approximate surface area is 142 Å². The van der Waals surface area contributed by atoms with Crippen molar-refractivity contribution in [2.75, 3.05) is 0 Å². The van der Waals surface area contributed by atoms with Gasteiger partial charge in [-0.3, -0.25) is 4.79 Å². The molecule has 5 heteroatoms. The molecule has 3 aromatic rings. The first-order valence-electron chi connectivity index (χ1n) is 7.22. The summed E-state index contributed by atoms with van der Waals surface area (Å²) in [6.07, 6.45) is 1.73. The van der Waals surface area contributed by atoms with E-state index in [1.54, 1.807) is 0 Å². The van der Waals surface area contributed by atoms with Crippen LogP contribution in [0.1, 0.15) is 11.3 Å². The van der Waals surface area contributed by atoms with Crippen molar-refractivity contribution in [2.24, 2.45) is 0 Å². The number of hydrogen-bond acceptors (Lipinski definition) is 3. The molecule has 4 nitrogen and oxygen atoms in total. The Kier molecular flexibility index (Phi) is 4.88. The molecule has 0 spiro atoms. The number of carbonyl (C=O) groups is 1. The van der Waals surface area contributed by atoms with Crippen LogP contribution in [0.25, 0.3) is 11.5 Å². The first-order valence-corrected chi connectivity index (χ1v) is 8.01. The van der Waals surface area contributed by atoms with Crippen molar-refractivity contribution in [1.29, 1.82) is 0 Å². The average Bonchev–Trinajstić information content (AvgIpc) is 3.02. The van der Waals surface area contributed by atoms with Crippen molar-refractivity contribution >= 4 is 21.8 Å². The van der Waals surface area contributed by atoms with Gasteiger partial charge < -0.3 is 9.73 Å². The molecule has 3 rings (SSSR count). The third kappa shape index (κ3) is 4.29. The SMILES string of the molecule is O=C(Cc1coc(-c2ccccc2)n1)NCc1cccc(Br)c1. The van der Waals surface area contributed by atoms with Gasteiger partial charge in [0.2, 0.25) is 11.8 Å². The number of nitrogens with one attached hydrogen (secondary N) is 1. The maximum Gasteiger partial charge on any atom is 0.226 e. The molecule has 23 heavy (non-hydrogen) atoms. The minimum absolute atomic E-state index is 0.0853. The number of halogens is 1. The van der Waals surface area contributed by atoms with Gasteiger partial charge >= 0.3 is 0 Å². The molecule has 0 aliphatic heterocycles. The summed E-state index contributed by atoms with van der Waals surface area (Å²) in [6, 6.07) is 17.4. The molecule has 1 N–H and O–H groups in total. The Morgan fingerprint density at radius 2 is 1.96 bits per heavy atom. The first-order chi connectivity index (χ1) is 11.2. The number of aromatic nitrogens is 1. The van der Waals surface area contributed by atoms with E-state index in [1.165, 1.54) is 6.26 Å². The highest BCUT2D eigenvalue weighted by atomic mass is 79.9. The number of rotatable bonds is 5. The molecule has 1 amide bonds. The lowest BCUT2D eigenvalue weighted by atomic mass is 10.2. The highest BCUT2D eigenvalue weighted by Gasteiger charge is 2.10. The van der Waals surface area contributed by atoms with E-state index in [0.29, 0.717) is 18.1 Å². The molecule has 0 aliphatic rings. The average molecular weight is 371 g/mol. The lowest BCUT2D eigenvalue weighted by Gasteiger charge is -2.04. The highest BCUT2D eigenvalue weighted by Crippen LogP contribution is 2.18. The molecule has 0 aliphatic carbocycles. The summed E-state index contributed by atoms with van der Waals surface area (Å²) in [5, 5.41) is 2.88. The van der Waals surface area contributed by atoms with Crippen molar-refractivity contribution in [3.8, 4) is 11.5 Å². The van der Waals surface area contributed by atoms with Crippen LogP contribution >= 0.6 is 15.9 Å². The van der Waals surface area contributed by atoms with E-state index in [1.807, 2.05) is 54.6 Å². The molecular formula is C18H15BrN2O2. The van der Waals surface area contributed by atoms with Crippen LogP contribution in [0, 0.1) is 0 Å². The van der Waals surface area contributed by atoms with Gasteiger partial charge in [0.05, 0.1) is 12.1 Å². The van der Waals surface area contributed by atoms with Crippen LogP contribution in [0.15, 0.2) is 69.8 Å². The number of benzene rings is 2. The van der Waals surface area contributed by atoms with Crippen molar-refractivity contribution in [3.05, 3.63) is 76.6 Å². The van der Waals surface area contributed by atoms with E-state index in [2.05, 4.69) is 26.2 Å². The highest BCUT2D eigenvalue weighted by molar-refractivity contribution is 9.10. The van der Waals surface area contributed by atoms with E-state index in [9.17, 15) is 4.79 Å². The minimum Gasteiger partial charge on any atom is -0.444 e. The van der Waals surface area contributed by atoms with Gasteiger partial charge in [-0.2, -0.15) is 0 Å². The van der Waals surface area contributed by atoms with Crippen LogP contribution in [0.2, 0.25) is 0 Å². The summed E-state index contributed by atoms with van der Waals surface area (Å²) in [5.74, 6) is 0.443. The standard InChI is InChI=1S/C18H15BrN2O2/c19-15-8-4-5-13(9-15)11-20-17(22)10-16-12-23-18(21-16)14-6-2-1-3-7-14/h1-9,12H,10-11H2,(H,20,22). The van der Waals surface area contributed by atoms with Gasteiger partial charge in [0.25, 0.3) is 0 Å². The van der Waals surface area contributed by atoms with Crippen molar-refractivity contribution in [2.45, 2.75) is 13.0 Å². The third-order valence-corrected chi connectivity index (χ3v) is 3.79. The summed E-state index contributed by atoms with van der Waals surface area (Å²) >= 11 is 3.41.